The zero-order valence-electron chi connectivity index (χ0n) is 42.6. The number of hydrogen-bond donors (Lipinski definition) is 4. The van der Waals surface area contributed by atoms with Crippen LogP contribution in [0.15, 0.2) is 200 Å². The van der Waals surface area contributed by atoms with E-state index in [9.17, 15) is 59.0 Å². The molecule has 0 radical (unpaired) electrons. The molecule has 20 heteroatoms. The molecule has 9 aromatic carbocycles. The summed E-state index contributed by atoms with van der Waals surface area (Å²) < 4.78 is 125. The molecule has 11 nitrogen and oxygen atoms in total. The zero-order chi connectivity index (χ0) is 58.0. The smallest absolute Gasteiger partial charge is 0.416 e. The van der Waals surface area contributed by atoms with E-state index < -0.39 is 65.2 Å². The molecule has 0 saturated heterocycles. The normalized spacial score (nSPS) is 16.1. The highest BCUT2D eigenvalue weighted by Gasteiger charge is 2.38. The lowest BCUT2D eigenvalue weighted by Gasteiger charge is -2.38. The first-order chi connectivity index (χ1) is 39.4. The molecular formula is C62H43F9N6O5. The minimum absolute atomic E-state index is 0.0112. The van der Waals surface area contributed by atoms with Crippen molar-refractivity contribution in [3.8, 4) is 11.5 Å². The number of ether oxygens (including phenoxy) is 1. The number of benzene rings is 9. The van der Waals surface area contributed by atoms with Crippen LogP contribution in [0, 0.1) is 34.9 Å². The van der Waals surface area contributed by atoms with Crippen LogP contribution >= 0.6 is 0 Å². The molecular weight excluding hydrogens is 1080 g/mol. The fourth-order valence-corrected chi connectivity index (χ4v) is 9.52. The highest BCUT2D eigenvalue weighted by Crippen LogP contribution is 2.42. The predicted molar refractivity (Wildman–Crippen MR) is 290 cm³/mol. The monoisotopic (exact) mass is 1120 g/mol. The number of alkyl halides is 3. The van der Waals surface area contributed by atoms with Gasteiger partial charge in [0.1, 0.15) is 35.9 Å². The maximum Gasteiger partial charge on any atom is 0.416 e. The summed E-state index contributed by atoms with van der Waals surface area (Å²) in [5.41, 5.74) is 4.80. The second-order valence-corrected chi connectivity index (χ2v) is 18.6. The quantitative estimate of drug-likeness (QED) is 0.0918. The van der Waals surface area contributed by atoms with Crippen LogP contribution in [0.3, 0.4) is 0 Å². The molecule has 414 valence electrons. The Kier molecular flexibility index (Phi) is 15.4. The van der Waals surface area contributed by atoms with Crippen LogP contribution in [0.4, 0.5) is 73.6 Å². The molecule has 3 aliphatic heterocycles. The van der Waals surface area contributed by atoms with Crippen molar-refractivity contribution in [2.75, 3.05) is 37.8 Å². The molecule has 3 atom stereocenters. The molecule has 3 heterocycles. The third-order valence-corrected chi connectivity index (χ3v) is 13.5. The molecule has 0 bridgehead atoms. The van der Waals surface area contributed by atoms with Crippen LogP contribution in [0.2, 0.25) is 0 Å². The van der Waals surface area contributed by atoms with E-state index in [0.717, 1.165) is 29.8 Å². The number of anilines is 6. The van der Waals surface area contributed by atoms with Crippen LogP contribution < -0.4 is 35.4 Å². The lowest BCUT2D eigenvalue weighted by atomic mass is 10.0. The van der Waals surface area contributed by atoms with Gasteiger partial charge in [0, 0.05) is 39.7 Å². The highest BCUT2D eigenvalue weighted by atomic mass is 19.4. The number of carbonyl (C=O) groups is 3. The van der Waals surface area contributed by atoms with Gasteiger partial charge in [-0.25, -0.2) is 26.3 Å². The minimum atomic E-state index is -4.45. The van der Waals surface area contributed by atoms with Gasteiger partial charge in [-0.1, -0.05) is 54.6 Å². The lowest BCUT2D eigenvalue weighted by Crippen LogP contribution is -2.43. The van der Waals surface area contributed by atoms with Gasteiger partial charge in [0.05, 0.1) is 29.4 Å². The van der Waals surface area contributed by atoms with Crippen molar-refractivity contribution in [3.63, 3.8) is 0 Å². The summed E-state index contributed by atoms with van der Waals surface area (Å²) >= 11 is 0. The fourth-order valence-electron chi connectivity index (χ4n) is 9.52. The van der Waals surface area contributed by atoms with Gasteiger partial charge in [0.25, 0.3) is 17.7 Å². The number of phenolic OH excluding ortho intramolecular Hbond substituents is 1. The Morgan fingerprint density at radius 2 is 0.768 bits per heavy atom. The van der Waals surface area contributed by atoms with Gasteiger partial charge in [-0.15, -0.1) is 0 Å². The number of methoxy groups -OCH3 is 1. The Bertz CT molecular complexity index is 3830. The SMILES string of the molecule is COc1cc(C2Nc3ccccc3C(=O)N2c2ccc(F)cc2)ccc1O.O=C1c2ccccc2NC(c2cc(F)c(F)c(F)c2)N1c1ccc(F)cc1.O=C1c2ccccc2NC(c2ccc(C(F)(F)F)cc2)N1c1ccc(F)cc1. The van der Waals surface area contributed by atoms with Crippen molar-refractivity contribution in [3.05, 3.63) is 274 Å². The average Bonchev–Trinajstić information content (AvgIpc) is 3.68. The first-order valence-electron chi connectivity index (χ1n) is 24.9. The Morgan fingerprint density at radius 1 is 0.427 bits per heavy atom. The standard InChI is InChI=1S/C21H14F4N2O.C21H17FN2O3.C20H12F4N2O/c22-15-9-11-16(12-10-15)27-19(13-5-7-14(8-6-13)21(23,24)25)26-18-4-2-1-3-17(18)20(27)28;1-27-19-12-13(6-11-18(19)25)20-23-17-5-3-2-4-16(17)21(26)24(20)15-9-7-14(22)8-10-15;21-12-5-7-13(8-6-12)26-19(11-9-15(22)18(24)16(23)10-11)25-17-4-2-1-3-14(17)20(26)27/h1-12,19,26H;2-12,20,23,25H,1H3;1-10,19,25H. The van der Waals surface area contributed by atoms with E-state index in [2.05, 4.69) is 16.0 Å². The van der Waals surface area contributed by atoms with Crippen molar-refractivity contribution < 1.29 is 63.7 Å². The molecule has 9 aromatic rings. The van der Waals surface area contributed by atoms with Gasteiger partial charge >= 0.3 is 6.18 Å². The van der Waals surface area contributed by atoms with E-state index in [1.807, 2.05) is 12.1 Å². The van der Waals surface area contributed by atoms with Crippen LogP contribution in [-0.4, -0.2) is 29.9 Å². The van der Waals surface area contributed by atoms with Crippen LogP contribution in [0.25, 0.3) is 0 Å². The first-order valence-corrected chi connectivity index (χ1v) is 24.9. The Hall–Kier alpha value is -10.2. The number of rotatable bonds is 7. The van der Waals surface area contributed by atoms with E-state index in [-0.39, 0.29) is 28.9 Å². The number of halogens is 9. The van der Waals surface area contributed by atoms with Crippen molar-refractivity contribution in [2.45, 2.75) is 24.7 Å². The second-order valence-electron chi connectivity index (χ2n) is 18.6. The van der Waals surface area contributed by atoms with Gasteiger partial charge in [0.15, 0.2) is 29.0 Å². The number of nitrogens with one attached hydrogen (secondary N) is 3. The number of amides is 3. The van der Waals surface area contributed by atoms with Gasteiger partial charge in [0.2, 0.25) is 0 Å². The third-order valence-electron chi connectivity index (χ3n) is 13.5. The number of fused-ring (bicyclic) bond motifs is 3. The highest BCUT2D eigenvalue weighted by molar-refractivity contribution is 6.14. The van der Waals surface area contributed by atoms with Crippen LogP contribution in [0.1, 0.15) is 71.8 Å². The number of aromatic hydroxyl groups is 1. The van der Waals surface area contributed by atoms with E-state index in [1.165, 1.54) is 95.8 Å². The van der Waals surface area contributed by atoms with Gasteiger partial charge in [-0.3, -0.25) is 29.1 Å². The van der Waals surface area contributed by atoms with Gasteiger partial charge < -0.3 is 25.8 Å². The van der Waals surface area contributed by atoms with E-state index >= 15 is 0 Å². The molecule has 3 aliphatic rings. The van der Waals surface area contributed by atoms with Crippen molar-refractivity contribution in [1.82, 2.24) is 0 Å². The number of para-hydroxylation sites is 3. The predicted octanol–water partition coefficient (Wildman–Crippen LogP) is 14.9. The number of nitrogens with zero attached hydrogens (tertiary/aromatic N) is 3. The van der Waals surface area contributed by atoms with Crippen molar-refractivity contribution in [1.29, 1.82) is 0 Å². The molecule has 0 fully saturated rings. The molecule has 12 rings (SSSR count). The van der Waals surface area contributed by atoms with E-state index in [0.29, 0.717) is 62.1 Å². The van der Waals surface area contributed by atoms with Crippen molar-refractivity contribution in [2.24, 2.45) is 0 Å². The Labute approximate surface area is 462 Å². The average molecular weight is 1120 g/mol. The Balaban J connectivity index is 0.000000138. The van der Waals surface area contributed by atoms with Gasteiger partial charge in [-0.2, -0.15) is 13.2 Å². The number of carbonyl (C=O) groups excluding carboxylic acids is 3. The summed E-state index contributed by atoms with van der Waals surface area (Å²) in [6.45, 7) is 0. The summed E-state index contributed by atoms with van der Waals surface area (Å²) in [4.78, 5) is 43.6. The molecule has 0 aliphatic carbocycles. The zero-order valence-corrected chi connectivity index (χ0v) is 42.6. The first kappa shape index (κ1) is 55.1. The lowest BCUT2D eigenvalue weighted by molar-refractivity contribution is -0.137. The summed E-state index contributed by atoms with van der Waals surface area (Å²) in [7, 11) is 1.46. The summed E-state index contributed by atoms with van der Waals surface area (Å²) in [5, 5.41) is 19.5. The molecule has 0 aromatic heterocycles. The molecule has 0 spiro atoms. The fraction of sp³-hybridized carbons (Fsp3) is 0.0806. The van der Waals surface area contributed by atoms with Crippen molar-refractivity contribution >= 4 is 51.8 Å². The number of hydrogen-bond acceptors (Lipinski definition) is 8. The summed E-state index contributed by atoms with van der Waals surface area (Å²) in [6, 6.07) is 48.1. The largest absolute Gasteiger partial charge is 0.504 e. The second kappa shape index (κ2) is 22.9. The number of phenols is 1. The summed E-state index contributed by atoms with van der Waals surface area (Å²) in [6.07, 6.45) is -6.75. The summed E-state index contributed by atoms with van der Waals surface area (Å²) in [5.74, 6) is -6.29. The molecule has 4 N–H and O–H groups in total. The maximum atomic E-state index is 13.8. The maximum absolute atomic E-state index is 13.8. The molecule has 3 amide bonds. The van der Waals surface area contributed by atoms with E-state index in [4.69, 9.17) is 4.74 Å². The van der Waals surface area contributed by atoms with Gasteiger partial charge in [-0.05, 0) is 157 Å². The van der Waals surface area contributed by atoms with Crippen LogP contribution in [0.5, 0.6) is 11.5 Å². The minimum Gasteiger partial charge on any atom is -0.504 e. The van der Waals surface area contributed by atoms with Crippen LogP contribution in [-0.2, 0) is 6.18 Å². The molecule has 3 unspecified atom stereocenters. The third kappa shape index (κ3) is 11.2. The molecule has 0 saturated carbocycles. The van der Waals surface area contributed by atoms with E-state index in [1.54, 1.807) is 89.8 Å². The molecule has 82 heavy (non-hydrogen) atoms. The Morgan fingerprint density at radius 3 is 1.13 bits per heavy atom. The topological polar surface area (TPSA) is 126 Å².